The Balaban J connectivity index is 2.80. The van der Waals surface area contributed by atoms with Gasteiger partial charge in [-0.2, -0.15) is 13.2 Å². The van der Waals surface area contributed by atoms with Gasteiger partial charge in [-0.05, 0) is 18.9 Å². The lowest BCUT2D eigenvalue weighted by Gasteiger charge is -2.08. The van der Waals surface area contributed by atoms with Gasteiger partial charge >= 0.3 is 6.18 Å². The monoisotopic (exact) mass is 253 g/mol. The molecule has 0 aliphatic heterocycles. The van der Waals surface area contributed by atoms with Crippen LogP contribution in [0.4, 0.5) is 13.2 Å². The second kappa shape index (κ2) is 5.39. The van der Waals surface area contributed by atoms with E-state index in [0.29, 0.717) is 24.9 Å². The van der Waals surface area contributed by atoms with E-state index in [1.54, 1.807) is 0 Å². The Bertz CT molecular complexity index is 400. The highest BCUT2D eigenvalue weighted by Gasteiger charge is 2.30. The summed E-state index contributed by atoms with van der Waals surface area (Å²) < 4.78 is 38.0. The van der Waals surface area contributed by atoms with Crippen LogP contribution in [0.5, 0.6) is 0 Å². The van der Waals surface area contributed by atoms with Crippen molar-refractivity contribution in [2.75, 3.05) is 5.88 Å². The van der Waals surface area contributed by atoms with Crippen molar-refractivity contribution in [3.05, 3.63) is 34.2 Å². The van der Waals surface area contributed by atoms with Crippen molar-refractivity contribution in [1.82, 2.24) is 4.57 Å². The third kappa shape index (κ3) is 3.56. The van der Waals surface area contributed by atoms with Gasteiger partial charge in [0.2, 0.25) is 0 Å². The molecule has 0 aliphatic carbocycles. The fourth-order valence-electron chi connectivity index (χ4n) is 1.25. The number of unbranched alkanes of at least 4 members (excludes halogenated alkanes) is 1. The molecule has 0 N–H and O–H groups in total. The number of hydrogen-bond acceptors (Lipinski definition) is 1. The molecule has 0 saturated heterocycles. The van der Waals surface area contributed by atoms with Crippen molar-refractivity contribution in [1.29, 1.82) is 0 Å². The van der Waals surface area contributed by atoms with Gasteiger partial charge in [0.1, 0.15) is 0 Å². The minimum Gasteiger partial charge on any atom is -0.316 e. The molecule has 1 heterocycles. The molecule has 0 atom stereocenters. The van der Waals surface area contributed by atoms with Gasteiger partial charge in [0.15, 0.2) is 0 Å². The summed E-state index contributed by atoms with van der Waals surface area (Å²) in [6.07, 6.45) is -1.89. The van der Waals surface area contributed by atoms with Gasteiger partial charge in [-0.3, -0.25) is 4.79 Å². The van der Waals surface area contributed by atoms with Crippen molar-refractivity contribution in [2.45, 2.75) is 25.6 Å². The smallest absolute Gasteiger partial charge is 0.316 e. The maximum absolute atomic E-state index is 12.2. The van der Waals surface area contributed by atoms with Gasteiger partial charge in [-0.25, -0.2) is 0 Å². The number of nitrogens with zero attached hydrogens (tertiary/aromatic N) is 1. The summed E-state index contributed by atoms with van der Waals surface area (Å²) in [5.41, 5.74) is -1.55. The Morgan fingerprint density at radius 1 is 1.31 bits per heavy atom. The highest BCUT2D eigenvalue weighted by molar-refractivity contribution is 6.17. The first-order valence-electron chi connectivity index (χ1n) is 4.79. The highest BCUT2D eigenvalue weighted by atomic mass is 35.5. The van der Waals surface area contributed by atoms with E-state index in [9.17, 15) is 18.0 Å². The summed E-state index contributed by atoms with van der Waals surface area (Å²) in [6, 6.07) is 1.52. The third-order valence-corrected chi connectivity index (χ3v) is 2.37. The Hall–Kier alpha value is -0.970. The number of pyridine rings is 1. The first-order valence-corrected chi connectivity index (χ1v) is 5.32. The molecule has 0 unspecified atom stereocenters. The number of alkyl halides is 4. The van der Waals surface area contributed by atoms with Crippen LogP contribution >= 0.6 is 11.6 Å². The molecule has 0 bridgehead atoms. The zero-order valence-corrected chi connectivity index (χ0v) is 9.18. The maximum Gasteiger partial charge on any atom is 0.416 e. The Labute approximate surface area is 95.6 Å². The zero-order chi connectivity index (χ0) is 12.2. The SMILES string of the molecule is O=c1cc(C(F)(F)F)ccn1CCCCCl. The first kappa shape index (κ1) is 13.1. The van der Waals surface area contributed by atoms with Crippen LogP contribution in [0.1, 0.15) is 18.4 Å². The molecular weight excluding hydrogens is 243 g/mol. The molecule has 1 aromatic heterocycles. The summed E-state index contributed by atoms with van der Waals surface area (Å²) in [4.78, 5) is 11.3. The highest BCUT2D eigenvalue weighted by Crippen LogP contribution is 2.27. The van der Waals surface area contributed by atoms with E-state index in [2.05, 4.69) is 0 Å². The molecule has 16 heavy (non-hydrogen) atoms. The molecule has 0 fully saturated rings. The summed E-state index contributed by atoms with van der Waals surface area (Å²) in [7, 11) is 0. The topological polar surface area (TPSA) is 22.0 Å². The van der Waals surface area contributed by atoms with E-state index in [4.69, 9.17) is 11.6 Å². The average molecular weight is 254 g/mol. The second-order valence-corrected chi connectivity index (χ2v) is 3.72. The molecular formula is C10H11ClF3NO. The van der Waals surface area contributed by atoms with Crippen molar-refractivity contribution >= 4 is 11.6 Å². The van der Waals surface area contributed by atoms with Gasteiger partial charge in [-0.15, -0.1) is 11.6 Å². The molecule has 1 aromatic rings. The number of halogens is 4. The number of aryl methyl sites for hydroxylation is 1. The molecule has 0 aromatic carbocycles. The molecule has 0 saturated carbocycles. The van der Waals surface area contributed by atoms with Gasteiger partial charge in [-0.1, -0.05) is 0 Å². The van der Waals surface area contributed by atoms with Crippen molar-refractivity contribution in [2.24, 2.45) is 0 Å². The lowest BCUT2D eigenvalue weighted by molar-refractivity contribution is -0.137. The zero-order valence-electron chi connectivity index (χ0n) is 8.43. The van der Waals surface area contributed by atoms with Gasteiger partial charge < -0.3 is 4.57 Å². The molecule has 0 spiro atoms. The normalized spacial score (nSPS) is 11.8. The number of rotatable bonds is 4. The Morgan fingerprint density at radius 3 is 2.50 bits per heavy atom. The fourth-order valence-corrected chi connectivity index (χ4v) is 1.43. The summed E-state index contributed by atoms with van der Waals surface area (Å²) in [5.74, 6) is 0.482. The van der Waals surface area contributed by atoms with E-state index >= 15 is 0 Å². The maximum atomic E-state index is 12.2. The van der Waals surface area contributed by atoms with Gasteiger partial charge in [0, 0.05) is 24.7 Å². The lowest BCUT2D eigenvalue weighted by atomic mass is 10.2. The molecule has 2 nitrogen and oxygen atoms in total. The average Bonchev–Trinajstić information content (AvgIpc) is 2.19. The van der Waals surface area contributed by atoms with E-state index in [1.165, 1.54) is 10.8 Å². The summed E-state index contributed by atoms with van der Waals surface area (Å²) in [6.45, 7) is 0.393. The van der Waals surface area contributed by atoms with E-state index < -0.39 is 17.3 Å². The predicted molar refractivity (Wildman–Crippen MR) is 55.7 cm³/mol. The molecule has 1 rings (SSSR count). The molecule has 0 amide bonds. The van der Waals surface area contributed by atoms with Crippen LogP contribution < -0.4 is 5.56 Å². The second-order valence-electron chi connectivity index (χ2n) is 3.34. The molecule has 0 radical (unpaired) electrons. The molecule has 90 valence electrons. The third-order valence-electron chi connectivity index (χ3n) is 2.11. The van der Waals surface area contributed by atoms with Crippen LogP contribution in [-0.4, -0.2) is 10.4 Å². The van der Waals surface area contributed by atoms with E-state index in [-0.39, 0.29) is 0 Å². The van der Waals surface area contributed by atoms with E-state index in [0.717, 1.165) is 12.5 Å². The van der Waals surface area contributed by atoms with Crippen molar-refractivity contribution in [3.8, 4) is 0 Å². The lowest BCUT2D eigenvalue weighted by Crippen LogP contribution is -2.21. The predicted octanol–water partition coefficient (Wildman–Crippen LogP) is 2.89. The first-order chi connectivity index (χ1) is 7.45. The van der Waals surface area contributed by atoms with E-state index in [1.807, 2.05) is 0 Å². The Morgan fingerprint density at radius 2 is 2.00 bits per heavy atom. The minimum atomic E-state index is -4.46. The number of hydrogen-bond donors (Lipinski definition) is 0. The molecule has 6 heteroatoms. The largest absolute Gasteiger partial charge is 0.416 e. The van der Waals surface area contributed by atoms with Crippen LogP contribution in [0.2, 0.25) is 0 Å². The van der Waals surface area contributed by atoms with Gasteiger partial charge in [0.05, 0.1) is 5.56 Å². The van der Waals surface area contributed by atoms with Crippen molar-refractivity contribution < 1.29 is 13.2 Å². The fraction of sp³-hybridized carbons (Fsp3) is 0.500. The van der Waals surface area contributed by atoms with Crippen LogP contribution in [0.3, 0.4) is 0 Å². The summed E-state index contributed by atoms with van der Waals surface area (Å²) in [5, 5.41) is 0. The summed E-state index contributed by atoms with van der Waals surface area (Å²) >= 11 is 5.46. The number of aromatic nitrogens is 1. The minimum absolute atomic E-state index is 0.393. The van der Waals surface area contributed by atoms with Crippen LogP contribution in [0.25, 0.3) is 0 Å². The van der Waals surface area contributed by atoms with Crippen LogP contribution in [-0.2, 0) is 12.7 Å². The Kier molecular flexibility index (Phi) is 4.41. The van der Waals surface area contributed by atoms with Crippen molar-refractivity contribution in [3.63, 3.8) is 0 Å². The van der Waals surface area contributed by atoms with Gasteiger partial charge in [0.25, 0.3) is 5.56 Å². The van der Waals surface area contributed by atoms with Crippen LogP contribution in [0.15, 0.2) is 23.1 Å². The standard InChI is InChI=1S/C10H11ClF3NO/c11-4-1-2-5-15-6-3-8(7-9(15)16)10(12,13)14/h3,6-7H,1-2,4-5H2. The van der Waals surface area contributed by atoms with Crippen LogP contribution in [0, 0.1) is 0 Å². The molecule has 0 aliphatic rings. The quantitative estimate of drug-likeness (QED) is 0.597.